The molecule has 7 nitrogen and oxygen atoms in total. The van der Waals surface area contributed by atoms with Crippen molar-refractivity contribution in [1.82, 2.24) is 20.5 Å². The highest BCUT2D eigenvalue weighted by atomic mass is 35.5. The molecule has 1 aromatic heterocycles. The molecule has 9 heteroatoms. The van der Waals surface area contributed by atoms with Crippen molar-refractivity contribution < 1.29 is 14.4 Å². The predicted octanol–water partition coefficient (Wildman–Crippen LogP) is 2.45. The molecule has 1 atom stereocenters. The van der Waals surface area contributed by atoms with Crippen LogP contribution in [0, 0.1) is 5.92 Å². The van der Waals surface area contributed by atoms with E-state index in [1.165, 1.54) is 11.0 Å². The highest BCUT2D eigenvalue weighted by Gasteiger charge is 2.36. The lowest BCUT2D eigenvalue weighted by Gasteiger charge is -2.22. The molecule has 0 spiro atoms. The van der Waals surface area contributed by atoms with E-state index in [9.17, 15) is 14.4 Å². The lowest BCUT2D eigenvalue weighted by atomic mass is 9.99. The highest BCUT2D eigenvalue weighted by Crippen LogP contribution is 2.25. The Labute approximate surface area is 187 Å². The maximum atomic E-state index is 12.7. The maximum absolute atomic E-state index is 12.7. The average molecular weight is 451 g/mol. The van der Waals surface area contributed by atoms with Crippen molar-refractivity contribution in [3.8, 4) is 0 Å². The summed E-state index contributed by atoms with van der Waals surface area (Å²) in [5.41, 5.74) is 1.84. The van der Waals surface area contributed by atoms with Gasteiger partial charge in [0.1, 0.15) is 0 Å². The zero-order chi connectivity index (χ0) is 19.5. The second-order valence-corrected chi connectivity index (χ2v) is 7.23. The number of nitrogens with zero attached hydrogens (tertiary/aromatic N) is 2. The number of carbonyl (C=O) groups excluding carboxylic acids is 3. The molecule has 0 radical (unpaired) electrons. The fourth-order valence-electron chi connectivity index (χ4n) is 3.68. The van der Waals surface area contributed by atoms with Gasteiger partial charge in [-0.2, -0.15) is 0 Å². The summed E-state index contributed by atoms with van der Waals surface area (Å²) in [7, 11) is 0. The summed E-state index contributed by atoms with van der Waals surface area (Å²) in [5.74, 6) is -0.507. The zero-order valence-corrected chi connectivity index (χ0v) is 17.9. The Morgan fingerprint density at radius 3 is 2.53 bits per heavy atom. The van der Waals surface area contributed by atoms with Gasteiger partial charge < -0.3 is 10.6 Å². The van der Waals surface area contributed by atoms with E-state index in [2.05, 4.69) is 15.6 Å². The van der Waals surface area contributed by atoms with E-state index >= 15 is 0 Å². The molecule has 30 heavy (non-hydrogen) atoms. The van der Waals surface area contributed by atoms with Gasteiger partial charge in [0.2, 0.25) is 0 Å². The number of hydrogen-bond acceptors (Lipinski definition) is 5. The van der Waals surface area contributed by atoms with Crippen molar-refractivity contribution in [3.05, 3.63) is 65.0 Å². The number of pyridine rings is 1. The van der Waals surface area contributed by atoms with Crippen molar-refractivity contribution in [2.75, 3.05) is 19.6 Å². The van der Waals surface area contributed by atoms with E-state index in [0.29, 0.717) is 23.6 Å². The molecule has 1 fully saturated rings. The number of hydrogen-bond donors (Lipinski definition) is 2. The molecule has 3 amide bonds. The van der Waals surface area contributed by atoms with E-state index in [4.69, 9.17) is 0 Å². The molecule has 2 aliphatic rings. The van der Waals surface area contributed by atoms with Crippen LogP contribution in [0.2, 0.25) is 0 Å². The number of piperidine rings is 1. The van der Waals surface area contributed by atoms with Gasteiger partial charge >= 0.3 is 0 Å². The first-order valence-electron chi connectivity index (χ1n) is 9.51. The van der Waals surface area contributed by atoms with Crippen LogP contribution in [0.4, 0.5) is 0 Å². The van der Waals surface area contributed by atoms with Gasteiger partial charge in [-0.25, -0.2) is 0 Å². The van der Waals surface area contributed by atoms with Gasteiger partial charge in [-0.05, 0) is 67.7 Å². The standard InChI is InChI=1S/C21H22N4O3.2ClH/c26-19(24-12-15-2-1-7-23-11-15)16-3-4-17-18(10-16)21(28)25(20(17)27)13-14-5-8-22-9-6-14;;/h3-6,8-10,15,23H,1-2,7,11-13H2,(H,24,26);2*1H. The molecule has 2 N–H and O–H groups in total. The average Bonchev–Trinajstić information content (AvgIpc) is 2.98. The number of fused-ring (bicyclic) bond motifs is 1. The van der Waals surface area contributed by atoms with Gasteiger partial charge in [-0.15, -0.1) is 24.8 Å². The van der Waals surface area contributed by atoms with Crippen LogP contribution in [-0.4, -0.2) is 47.2 Å². The van der Waals surface area contributed by atoms with Crippen LogP contribution in [0.3, 0.4) is 0 Å². The number of halogens is 2. The summed E-state index contributed by atoms with van der Waals surface area (Å²) in [4.78, 5) is 43.0. The molecule has 1 saturated heterocycles. The summed E-state index contributed by atoms with van der Waals surface area (Å²) in [6.07, 6.45) is 5.45. The third-order valence-electron chi connectivity index (χ3n) is 5.27. The maximum Gasteiger partial charge on any atom is 0.261 e. The smallest absolute Gasteiger partial charge is 0.261 e. The fourth-order valence-corrected chi connectivity index (χ4v) is 3.68. The lowest BCUT2D eigenvalue weighted by Crippen LogP contribution is -2.38. The summed E-state index contributed by atoms with van der Waals surface area (Å²) >= 11 is 0. The number of nitrogens with one attached hydrogen (secondary N) is 2. The van der Waals surface area contributed by atoms with Gasteiger partial charge in [0.25, 0.3) is 17.7 Å². The Balaban J connectivity index is 0.00000160. The minimum atomic E-state index is -0.372. The molecule has 0 aliphatic carbocycles. The lowest BCUT2D eigenvalue weighted by molar-refractivity contribution is 0.0642. The zero-order valence-electron chi connectivity index (χ0n) is 16.3. The topological polar surface area (TPSA) is 91.4 Å². The SMILES string of the molecule is Cl.Cl.O=C(NCC1CCCNC1)c1ccc2c(c1)C(=O)N(Cc1ccncc1)C2=O. The van der Waals surface area contributed by atoms with Crippen LogP contribution in [0.1, 0.15) is 49.5 Å². The van der Waals surface area contributed by atoms with Crippen LogP contribution in [-0.2, 0) is 6.54 Å². The quantitative estimate of drug-likeness (QED) is 0.682. The first-order valence-corrected chi connectivity index (χ1v) is 9.51. The Morgan fingerprint density at radius 1 is 1.10 bits per heavy atom. The Kier molecular flexibility index (Phi) is 8.34. The highest BCUT2D eigenvalue weighted by molar-refractivity contribution is 6.22. The fraction of sp³-hybridized carbons (Fsp3) is 0.333. The van der Waals surface area contributed by atoms with Crippen molar-refractivity contribution in [3.63, 3.8) is 0 Å². The van der Waals surface area contributed by atoms with Crippen LogP contribution in [0.5, 0.6) is 0 Å². The minimum absolute atomic E-state index is 0. The van der Waals surface area contributed by atoms with E-state index in [-0.39, 0.29) is 54.6 Å². The second-order valence-electron chi connectivity index (χ2n) is 7.23. The summed E-state index contributed by atoms with van der Waals surface area (Å²) in [5, 5.41) is 6.27. The van der Waals surface area contributed by atoms with Crippen LogP contribution < -0.4 is 10.6 Å². The molecule has 3 heterocycles. The second kappa shape index (κ2) is 10.5. The van der Waals surface area contributed by atoms with E-state index in [1.807, 2.05) is 0 Å². The van der Waals surface area contributed by atoms with Crippen LogP contribution in [0.25, 0.3) is 0 Å². The van der Waals surface area contributed by atoms with E-state index < -0.39 is 0 Å². The molecule has 0 saturated carbocycles. The first kappa shape index (κ1) is 23.8. The van der Waals surface area contributed by atoms with Crippen molar-refractivity contribution in [1.29, 1.82) is 0 Å². The number of imide groups is 1. The molecule has 160 valence electrons. The van der Waals surface area contributed by atoms with Crippen molar-refractivity contribution in [2.45, 2.75) is 19.4 Å². The third-order valence-corrected chi connectivity index (χ3v) is 5.27. The number of carbonyl (C=O) groups is 3. The molecule has 0 bridgehead atoms. The Hall–Kier alpha value is -2.48. The molecule has 2 aromatic rings. The van der Waals surface area contributed by atoms with Gasteiger partial charge in [0.15, 0.2) is 0 Å². The number of amides is 3. The van der Waals surface area contributed by atoms with Gasteiger partial charge in [0, 0.05) is 24.5 Å². The van der Waals surface area contributed by atoms with Crippen molar-refractivity contribution in [2.24, 2.45) is 5.92 Å². The summed E-state index contributed by atoms with van der Waals surface area (Å²) in [6, 6.07) is 8.23. The minimum Gasteiger partial charge on any atom is -0.352 e. The van der Waals surface area contributed by atoms with Crippen LogP contribution in [0.15, 0.2) is 42.7 Å². The predicted molar refractivity (Wildman–Crippen MR) is 117 cm³/mol. The molecule has 4 rings (SSSR count). The first-order chi connectivity index (χ1) is 13.6. The van der Waals surface area contributed by atoms with Crippen LogP contribution >= 0.6 is 24.8 Å². The molecular formula is C21H24Cl2N4O3. The van der Waals surface area contributed by atoms with Gasteiger partial charge in [-0.3, -0.25) is 24.3 Å². The van der Waals surface area contributed by atoms with E-state index in [0.717, 1.165) is 31.5 Å². The molecule has 1 aromatic carbocycles. The van der Waals surface area contributed by atoms with Gasteiger partial charge in [0.05, 0.1) is 17.7 Å². The van der Waals surface area contributed by atoms with Crippen molar-refractivity contribution >= 4 is 42.5 Å². The summed E-state index contributed by atoms with van der Waals surface area (Å²) < 4.78 is 0. The third kappa shape index (κ3) is 4.98. The van der Waals surface area contributed by atoms with E-state index in [1.54, 1.807) is 36.7 Å². The molecule has 1 unspecified atom stereocenters. The Morgan fingerprint density at radius 2 is 1.83 bits per heavy atom. The Bertz CT molecular complexity index is 918. The monoisotopic (exact) mass is 450 g/mol. The number of rotatable bonds is 5. The largest absolute Gasteiger partial charge is 0.352 e. The number of aromatic nitrogens is 1. The molecular weight excluding hydrogens is 427 g/mol. The number of benzene rings is 1. The normalized spacial score (nSPS) is 17.6. The van der Waals surface area contributed by atoms with Gasteiger partial charge in [-0.1, -0.05) is 0 Å². The molecule has 2 aliphatic heterocycles. The summed E-state index contributed by atoms with van der Waals surface area (Å²) in [6.45, 7) is 2.72.